The Kier molecular flexibility index (Phi) is 8.16. The van der Waals surface area contributed by atoms with E-state index in [4.69, 9.17) is 0 Å². The number of alkyl halides is 4. The number of benzene rings is 2. The highest BCUT2D eigenvalue weighted by molar-refractivity contribution is 9.10. The van der Waals surface area contributed by atoms with Gasteiger partial charge in [0.2, 0.25) is 0 Å². The van der Waals surface area contributed by atoms with Crippen molar-refractivity contribution in [1.29, 1.82) is 0 Å². The molecule has 2 aromatic carbocycles. The van der Waals surface area contributed by atoms with Crippen LogP contribution in [0.1, 0.15) is 30.9 Å². The van der Waals surface area contributed by atoms with E-state index in [1.165, 1.54) is 24.3 Å². The molecule has 3 rings (SSSR count). The van der Waals surface area contributed by atoms with E-state index in [1.54, 1.807) is 24.3 Å². The number of hydrogen-bond donors (Lipinski definition) is 0. The Hall–Kier alpha value is -2.13. The molecule has 0 amide bonds. The number of halogens is 6. The molecule has 1 saturated carbocycles. The topological polar surface area (TPSA) is 35.5 Å². The quantitative estimate of drug-likeness (QED) is 0.259. The van der Waals surface area contributed by atoms with Crippen molar-refractivity contribution in [2.24, 2.45) is 5.92 Å². The first-order valence-electron chi connectivity index (χ1n) is 9.57. The van der Waals surface area contributed by atoms with E-state index in [-0.39, 0.29) is 23.2 Å². The van der Waals surface area contributed by atoms with Gasteiger partial charge in [-0.15, -0.1) is 0 Å². The summed E-state index contributed by atoms with van der Waals surface area (Å²) in [6.07, 6.45) is 4.33. The van der Waals surface area contributed by atoms with Gasteiger partial charge in [-0.05, 0) is 78.4 Å². The number of ketones is 1. The molecule has 9 heteroatoms. The van der Waals surface area contributed by atoms with Crippen LogP contribution >= 0.6 is 31.9 Å². The lowest BCUT2D eigenvalue weighted by atomic mass is 9.81. The third kappa shape index (κ3) is 6.45. The molecular weight excluding hydrogens is 560 g/mol. The van der Waals surface area contributed by atoms with Gasteiger partial charge in [0.1, 0.15) is 11.5 Å². The van der Waals surface area contributed by atoms with E-state index >= 15 is 0 Å². The van der Waals surface area contributed by atoms with E-state index in [2.05, 4.69) is 41.3 Å². The largest absolute Gasteiger partial charge is 0.435 e. The van der Waals surface area contributed by atoms with Crippen LogP contribution in [-0.2, 0) is 4.79 Å². The second-order valence-electron chi connectivity index (χ2n) is 7.31. The normalized spacial score (nSPS) is 19.3. The summed E-state index contributed by atoms with van der Waals surface area (Å²) in [5.41, 5.74) is 2.10. The van der Waals surface area contributed by atoms with E-state index in [0.717, 1.165) is 0 Å². The van der Waals surface area contributed by atoms with Gasteiger partial charge in [0.05, 0.1) is 0 Å². The van der Waals surface area contributed by atoms with Crippen molar-refractivity contribution in [2.45, 2.75) is 33.0 Å². The van der Waals surface area contributed by atoms with Crippen LogP contribution in [0.4, 0.5) is 17.6 Å². The van der Waals surface area contributed by atoms with Gasteiger partial charge < -0.3 is 9.47 Å². The molecule has 0 aliphatic heterocycles. The van der Waals surface area contributed by atoms with Crippen molar-refractivity contribution in [3.63, 3.8) is 0 Å². The van der Waals surface area contributed by atoms with Gasteiger partial charge in [0.25, 0.3) is 0 Å². The molecule has 1 fully saturated rings. The van der Waals surface area contributed by atoms with Crippen LogP contribution in [0.2, 0.25) is 0 Å². The molecule has 0 atom stereocenters. The third-order valence-electron chi connectivity index (χ3n) is 4.76. The Morgan fingerprint density at radius 3 is 1.62 bits per heavy atom. The van der Waals surface area contributed by atoms with Gasteiger partial charge >= 0.3 is 13.2 Å². The zero-order chi connectivity index (χ0) is 23.4. The van der Waals surface area contributed by atoms with Crippen molar-refractivity contribution in [3.05, 3.63) is 67.6 Å². The number of Topliss-reactive ketones (excluding diaryl/α,β-unsaturated/α-hetero) is 1. The second-order valence-corrected chi connectivity index (χ2v) is 9.01. The summed E-state index contributed by atoms with van der Waals surface area (Å²) < 4.78 is 60.3. The summed E-state index contributed by atoms with van der Waals surface area (Å²) >= 11 is 6.74. The van der Waals surface area contributed by atoms with Crippen LogP contribution in [0, 0.1) is 5.92 Å². The van der Waals surface area contributed by atoms with Crippen LogP contribution < -0.4 is 9.47 Å². The zero-order valence-corrected chi connectivity index (χ0v) is 19.9. The summed E-state index contributed by atoms with van der Waals surface area (Å²) in [6.45, 7) is -3.91. The first-order valence-corrected chi connectivity index (χ1v) is 11.2. The van der Waals surface area contributed by atoms with Crippen molar-refractivity contribution in [2.75, 3.05) is 0 Å². The maximum atomic E-state index is 13.2. The molecule has 3 nitrogen and oxygen atoms in total. The van der Waals surface area contributed by atoms with Crippen LogP contribution in [0.5, 0.6) is 11.5 Å². The molecule has 0 unspecified atom stereocenters. The Bertz CT molecular complexity index is 986. The summed E-state index contributed by atoms with van der Waals surface area (Å²) in [4.78, 5) is 13.2. The Morgan fingerprint density at radius 1 is 0.844 bits per heavy atom. The maximum absolute atomic E-state index is 13.2. The summed E-state index contributed by atoms with van der Waals surface area (Å²) in [5.74, 6) is -0.0743. The SMILES string of the molecule is CC1CC(=Cc2cc(OC(F)F)ccc2Br)C(=O)C(=Cc2cc(OC(F)F)ccc2Br)C1. The number of allylic oxidation sites excluding steroid dienone is 2. The molecule has 0 radical (unpaired) electrons. The average Bonchev–Trinajstić information content (AvgIpc) is 2.69. The first-order chi connectivity index (χ1) is 15.1. The minimum atomic E-state index is -2.95. The first kappa shape index (κ1) is 24.5. The van der Waals surface area contributed by atoms with Gasteiger partial charge in [-0.1, -0.05) is 38.8 Å². The number of ether oxygens (including phenoxy) is 2. The highest BCUT2D eigenvalue weighted by Gasteiger charge is 2.26. The minimum absolute atomic E-state index is 0.0121. The van der Waals surface area contributed by atoms with Crippen LogP contribution in [0.25, 0.3) is 12.2 Å². The van der Waals surface area contributed by atoms with E-state index in [1.807, 2.05) is 6.92 Å². The molecule has 0 saturated heterocycles. The Labute approximate surface area is 199 Å². The lowest BCUT2D eigenvalue weighted by Crippen LogP contribution is -2.18. The zero-order valence-electron chi connectivity index (χ0n) is 16.8. The molecule has 0 aromatic heterocycles. The fourth-order valence-electron chi connectivity index (χ4n) is 3.46. The van der Waals surface area contributed by atoms with Crippen molar-refractivity contribution in [3.8, 4) is 11.5 Å². The molecule has 0 N–H and O–H groups in total. The smallest absolute Gasteiger partial charge is 0.387 e. The third-order valence-corrected chi connectivity index (χ3v) is 6.21. The molecule has 32 heavy (non-hydrogen) atoms. The van der Waals surface area contributed by atoms with E-state index in [0.29, 0.717) is 44.1 Å². The highest BCUT2D eigenvalue weighted by atomic mass is 79.9. The van der Waals surface area contributed by atoms with Crippen LogP contribution in [0.3, 0.4) is 0 Å². The number of rotatable bonds is 6. The number of carbonyl (C=O) groups is 1. The predicted octanol–water partition coefficient (Wildman–Crippen LogP) is 7.88. The van der Waals surface area contributed by atoms with Gasteiger partial charge in [0.15, 0.2) is 5.78 Å². The van der Waals surface area contributed by atoms with Gasteiger partial charge in [-0.3, -0.25) is 4.79 Å². The van der Waals surface area contributed by atoms with Crippen LogP contribution in [0.15, 0.2) is 56.5 Å². The van der Waals surface area contributed by atoms with E-state index < -0.39 is 13.2 Å². The molecule has 0 spiro atoms. The molecule has 1 aliphatic carbocycles. The molecule has 0 heterocycles. The predicted molar refractivity (Wildman–Crippen MR) is 121 cm³/mol. The summed E-state index contributed by atoms with van der Waals surface area (Å²) in [7, 11) is 0. The molecule has 1 aliphatic rings. The monoisotopic (exact) mass is 576 g/mol. The Balaban J connectivity index is 1.95. The van der Waals surface area contributed by atoms with Crippen LogP contribution in [-0.4, -0.2) is 19.0 Å². The maximum Gasteiger partial charge on any atom is 0.387 e. The summed E-state index contributed by atoms with van der Waals surface area (Å²) in [6, 6.07) is 8.82. The van der Waals surface area contributed by atoms with Gasteiger partial charge in [0, 0.05) is 20.1 Å². The molecular formula is C23H18Br2F4O3. The number of carbonyl (C=O) groups excluding carboxylic acids is 1. The standard InChI is InChI=1S/C23H18Br2F4O3/c1-12-6-15(8-13-10-17(31-22(26)27)2-4-19(13)24)21(30)16(7-12)9-14-11-18(32-23(28)29)3-5-20(14)25/h2-5,8-12,22-23H,6-7H2,1H3. The van der Waals surface area contributed by atoms with Crippen molar-refractivity contribution >= 4 is 49.8 Å². The number of hydrogen-bond acceptors (Lipinski definition) is 3. The highest BCUT2D eigenvalue weighted by Crippen LogP contribution is 2.35. The molecule has 0 bridgehead atoms. The van der Waals surface area contributed by atoms with Crippen molar-refractivity contribution < 1.29 is 31.8 Å². The minimum Gasteiger partial charge on any atom is -0.435 e. The van der Waals surface area contributed by atoms with Gasteiger partial charge in [-0.25, -0.2) is 0 Å². The fourth-order valence-corrected chi connectivity index (χ4v) is 4.18. The fraction of sp³-hybridized carbons (Fsp3) is 0.261. The van der Waals surface area contributed by atoms with E-state index in [9.17, 15) is 22.4 Å². The van der Waals surface area contributed by atoms with Gasteiger partial charge in [-0.2, -0.15) is 17.6 Å². The molecule has 2 aromatic rings. The summed E-state index contributed by atoms with van der Waals surface area (Å²) in [5, 5.41) is 0. The van der Waals surface area contributed by atoms with Crippen molar-refractivity contribution in [1.82, 2.24) is 0 Å². The second kappa shape index (κ2) is 10.7. The lowest BCUT2D eigenvalue weighted by molar-refractivity contribution is -0.113. The Morgan fingerprint density at radius 2 is 1.25 bits per heavy atom. The average molecular weight is 578 g/mol. The lowest BCUT2D eigenvalue weighted by Gasteiger charge is -2.23. The molecule has 170 valence electrons.